The quantitative estimate of drug-likeness (QED) is 0.859. The average molecular weight is 302 g/mol. The standard InChI is InChI=1S/C16H18N2O4/c1-15-3-4-16(8-15,9-22-15)12-7-18-6-10(14(20)21-2)11(19)5-13(18)17-12/h5-7,19H,3-4,8-9H2,1-2H3. The van der Waals surface area contributed by atoms with Crippen molar-refractivity contribution >= 4 is 11.6 Å². The second-order valence-electron chi connectivity index (χ2n) is 6.65. The van der Waals surface area contributed by atoms with E-state index in [4.69, 9.17) is 4.74 Å². The van der Waals surface area contributed by atoms with E-state index in [1.807, 2.05) is 6.20 Å². The molecule has 0 amide bonds. The fourth-order valence-electron chi connectivity index (χ4n) is 3.79. The van der Waals surface area contributed by atoms with Crippen LogP contribution in [0.2, 0.25) is 0 Å². The first-order valence-electron chi connectivity index (χ1n) is 7.39. The highest BCUT2D eigenvalue weighted by atomic mass is 16.5. The molecular formula is C16H18N2O4. The Morgan fingerprint density at radius 1 is 1.45 bits per heavy atom. The number of aromatic hydroxyl groups is 1. The van der Waals surface area contributed by atoms with Gasteiger partial charge in [-0.25, -0.2) is 9.78 Å². The first kappa shape index (κ1) is 13.6. The summed E-state index contributed by atoms with van der Waals surface area (Å²) in [5.74, 6) is -0.682. The zero-order chi connectivity index (χ0) is 15.5. The van der Waals surface area contributed by atoms with Gasteiger partial charge in [0.05, 0.1) is 25.0 Å². The van der Waals surface area contributed by atoms with Crippen molar-refractivity contribution in [2.24, 2.45) is 0 Å². The summed E-state index contributed by atoms with van der Waals surface area (Å²) in [5.41, 5.74) is 1.65. The predicted molar refractivity (Wildman–Crippen MR) is 78.1 cm³/mol. The fraction of sp³-hybridized carbons (Fsp3) is 0.500. The smallest absolute Gasteiger partial charge is 0.343 e. The number of nitrogens with zero attached hydrogens (tertiary/aromatic N) is 2. The third kappa shape index (κ3) is 1.76. The molecule has 6 heteroatoms. The number of methoxy groups -OCH3 is 1. The molecule has 1 N–H and O–H groups in total. The highest BCUT2D eigenvalue weighted by Gasteiger charge is 2.55. The summed E-state index contributed by atoms with van der Waals surface area (Å²) < 4.78 is 12.4. The average Bonchev–Trinajstić information content (AvgIpc) is 3.15. The van der Waals surface area contributed by atoms with Crippen molar-refractivity contribution in [2.45, 2.75) is 37.2 Å². The molecule has 1 aliphatic carbocycles. The minimum Gasteiger partial charge on any atom is -0.507 e. The monoisotopic (exact) mass is 302 g/mol. The molecule has 1 aliphatic heterocycles. The summed E-state index contributed by atoms with van der Waals surface area (Å²) in [4.78, 5) is 16.3. The van der Waals surface area contributed by atoms with Gasteiger partial charge in [0.1, 0.15) is 17.0 Å². The second-order valence-corrected chi connectivity index (χ2v) is 6.65. The lowest BCUT2D eigenvalue weighted by Crippen LogP contribution is -2.26. The molecule has 2 bridgehead atoms. The van der Waals surface area contributed by atoms with Gasteiger partial charge in [-0.15, -0.1) is 0 Å². The number of rotatable bonds is 2. The number of carbonyl (C=O) groups excluding carboxylic acids is 1. The third-order valence-corrected chi connectivity index (χ3v) is 5.06. The Bertz CT molecular complexity index is 772. The maximum Gasteiger partial charge on any atom is 0.343 e. The van der Waals surface area contributed by atoms with Crippen LogP contribution in [0.3, 0.4) is 0 Å². The minimum atomic E-state index is -0.564. The zero-order valence-electron chi connectivity index (χ0n) is 12.6. The molecule has 4 rings (SSSR count). The van der Waals surface area contributed by atoms with E-state index in [1.165, 1.54) is 13.2 Å². The molecule has 2 fully saturated rings. The van der Waals surface area contributed by atoms with Crippen LogP contribution in [0, 0.1) is 0 Å². The van der Waals surface area contributed by atoms with E-state index in [2.05, 4.69) is 16.6 Å². The van der Waals surface area contributed by atoms with Gasteiger partial charge >= 0.3 is 5.97 Å². The summed E-state index contributed by atoms with van der Waals surface area (Å²) >= 11 is 0. The number of carbonyl (C=O) groups is 1. The first-order valence-corrected chi connectivity index (χ1v) is 7.39. The summed E-state index contributed by atoms with van der Waals surface area (Å²) in [6.45, 7) is 2.84. The van der Waals surface area contributed by atoms with Crippen molar-refractivity contribution < 1.29 is 19.4 Å². The first-order chi connectivity index (χ1) is 10.4. The molecule has 2 aromatic heterocycles. The SMILES string of the molecule is COC(=O)c1cn2cc(C34CCC(C)(C3)OC4)nc2cc1O. The van der Waals surface area contributed by atoms with Crippen molar-refractivity contribution in [3.8, 4) is 5.75 Å². The number of pyridine rings is 1. The maximum atomic E-state index is 11.7. The summed E-state index contributed by atoms with van der Waals surface area (Å²) in [7, 11) is 1.29. The molecule has 22 heavy (non-hydrogen) atoms. The summed E-state index contributed by atoms with van der Waals surface area (Å²) in [6.07, 6.45) is 6.57. The summed E-state index contributed by atoms with van der Waals surface area (Å²) in [6, 6.07) is 1.50. The molecule has 2 atom stereocenters. The molecule has 0 radical (unpaired) electrons. The number of fused-ring (bicyclic) bond motifs is 3. The van der Waals surface area contributed by atoms with E-state index in [-0.39, 0.29) is 22.3 Å². The van der Waals surface area contributed by atoms with Crippen LogP contribution in [0.15, 0.2) is 18.5 Å². The Labute approximate surface area is 127 Å². The molecule has 3 heterocycles. The van der Waals surface area contributed by atoms with Crippen LogP contribution in [0.4, 0.5) is 0 Å². The Morgan fingerprint density at radius 2 is 2.27 bits per heavy atom. The van der Waals surface area contributed by atoms with Crippen LogP contribution < -0.4 is 0 Å². The number of ether oxygens (including phenoxy) is 2. The molecule has 116 valence electrons. The van der Waals surface area contributed by atoms with Crippen LogP contribution >= 0.6 is 0 Å². The Hall–Kier alpha value is -2.08. The lowest BCUT2D eigenvalue weighted by molar-refractivity contribution is -0.00627. The Morgan fingerprint density at radius 3 is 2.86 bits per heavy atom. The number of hydrogen-bond donors (Lipinski definition) is 1. The van der Waals surface area contributed by atoms with Crippen LogP contribution in [-0.4, -0.2) is 39.8 Å². The lowest BCUT2D eigenvalue weighted by Gasteiger charge is -2.24. The Kier molecular flexibility index (Phi) is 2.61. The molecule has 1 saturated heterocycles. The maximum absolute atomic E-state index is 11.7. The van der Waals surface area contributed by atoms with Gasteiger partial charge in [0.15, 0.2) is 0 Å². The largest absolute Gasteiger partial charge is 0.507 e. The van der Waals surface area contributed by atoms with Crippen LogP contribution in [0.1, 0.15) is 42.2 Å². The van der Waals surface area contributed by atoms with Crippen LogP contribution in [0.25, 0.3) is 5.65 Å². The molecule has 2 aromatic rings. The van der Waals surface area contributed by atoms with Crippen molar-refractivity contribution in [1.29, 1.82) is 0 Å². The molecule has 2 aliphatic rings. The van der Waals surface area contributed by atoms with Crippen molar-refractivity contribution in [3.63, 3.8) is 0 Å². The van der Waals surface area contributed by atoms with E-state index in [9.17, 15) is 9.90 Å². The van der Waals surface area contributed by atoms with Gasteiger partial charge in [-0.3, -0.25) is 0 Å². The van der Waals surface area contributed by atoms with Gasteiger partial charge in [0.2, 0.25) is 0 Å². The van der Waals surface area contributed by atoms with Gasteiger partial charge < -0.3 is 19.0 Å². The topological polar surface area (TPSA) is 73.1 Å². The van der Waals surface area contributed by atoms with Gasteiger partial charge in [0, 0.05) is 23.9 Å². The van der Waals surface area contributed by atoms with Crippen molar-refractivity contribution in [3.05, 3.63) is 29.7 Å². The number of imidazole rings is 1. The predicted octanol–water partition coefficient (Wildman–Crippen LogP) is 2.04. The van der Waals surface area contributed by atoms with Crippen LogP contribution in [0.5, 0.6) is 5.75 Å². The molecule has 1 saturated carbocycles. The molecule has 0 spiro atoms. The minimum absolute atomic E-state index is 0.0326. The Balaban J connectivity index is 1.80. The van der Waals surface area contributed by atoms with Gasteiger partial charge in [-0.05, 0) is 26.2 Å². The van der Waals surface area contributed by atoms with Gasteiger partial charge in [-0.2, -0.15) is 0 Å². The van der Waals surface area contributed by atoms with E-state index < -0.39 is 5.97 Å². The molecule has 2 unspecified atom stereocenters. The molecule has 0 aromatic carbocycles. The normalized spacial score (nSPS) is 30.1. The van der Waals surface area contributed by atoms with Crippen molar-refractivity contribution in [2.75, 3.05) is 13.7 Å². The lowest BCUT2D eigenvalue weighted by atomic mass is 9.84. The molecule has 6 nitrogen and oxygen atoms in total. The number of esters is 1. The number of hydrogen-bond acceptors (Lipinski definition) is 5. The molecular weight excluding hydrogens is 284 g/mol. The number of aromatic nitrogens is 2. The highest BCUT2D eigenvalue weighted by Crippen LogP contribution is 2.53. The third-order valence-electron chi connectivity index (χ3n) is 5.06. The highest BCUT2D eigenvalue weighted by molar-refractivity contribution is 5.92. The van der Waals surface area contributed by atoms with Gasteiger partial charge in [-0.1, -0.05) is 0 Å². The van der Waals surface area contributed by atoms with E-state index in [0.717, 1.165) is 25.0 Å². The van der Waals surface area contributed by atoms with Gasteiger partial charge in [0.25, 0.3) is 0 Å². The zero-order valence-corrected chi connectivity index (χ0v) is 12.6. The van der Waals surface area contributed by atoms with E-state index >= 15 is 0 Å². The van der Waals surface area contributed by atoms with E-state index in [1.54, 1.807) is 10.6 Å². The fourth-order valence-corrected chi connectivity index (χ4v) is 3.79. The van der Waals surface area contributed by atoms with E-state index in [0.29, 0.717) is 12.3 Å². The van der Waals surface area contributed by atoms with Crippen molar-refractivity contribution in [1.82, 2.24) is 9.38 Å². The second kappa shape index (κ2) is 4.23. The van der Waals surface area contributed by atoms with Crippen LogP contribution in [-0.2, 0) is 14.9 Å². The summed E-state index contributed by atoms with van der Waals surface area (Å²) in [5, 5.41) is 9.98.